The van der Waals surface area contributed by atoms with Crippen LogP contribution in [-0.4, -0.2) is 20.1 Å². The van der Waals surface area contributed by atoms with Crippen molar-refractivity contribution in [1.82, 2.24) is 15.2 Å². The van der Waals surface area contributed by atoms with E-state index in [4.69, 9.17) is 9.15 Å². The van der Waals surface area contributed by atoms with Gasteiger partial charge in [0, 0.05) is 12.5 Å². The molecule has 1 aromatic carbocycles. The maximum absolute atomic E-state index is 11.1. The van der Waals surface area contributed by atoms with Crippen molar-refractivity contribution in [3.05, 3.63) is 64.2 Å². The number of ether oxygens (including phenoxy) is 1. The molecular formula is C16H14N4O4. The van der Waals surface area contributed by atoms with Crippen LogP contribution < -0.4 is 4.74 Å². The maximum Gasteiger partial charge on any atom is 0.406 e. The zero-order valence-electron chi connectivity index (χ0n) is 13.0. The topological polar surface area (TPSA) is 104 Å². The molecule has 8 nitrogen and oxygen atoms in total. The predicted molar refractivity (Wildman–Crippen MR) is 84.4 cm³/mol. The van der Waals surface area contributed by atoms with Gasteiger partial charge in [0.25, 0.3) is 5.89 Å². The molecule has 0 aliphatic carbocycles. The van der Waals surface area contributed by atoms with Crippen molar-refractivity contribution in [3.63, 3.8) is 0 Å². The van der Waals surface area contributed by atoms with E-state index < -0.39 is 11.0 Å². The second-order valence-corrected chi connectivity index (χ2v) is 5.10. The number of nitro groups is 1. The van der Waals surface area contributed by atoms with Gasteiger partial charge < -0.3 is 19.3 Å². The van der Waals surface area contributed by atoms with E-state index in [2.05, 4.69) is 15.2 Å². The minimum absolute atomic E-state index is 0.0533. The van der Waals surface area contributed by atoms with Gasteiger partial charge in [-0.2, -0.15) is 0 Å². The van der Waals surface area contributed by atoms with E-state index in [-0.39, 0.29) is 17.5 Å². The fourth-order valence-corrected chi connectivity index (χ4v) is 2.09. The lowest BCUT2D eigenvalue weighted by Crippen LogP contribution is -2.06. The van der Waals surface area contributed by atoms with Crippen molar-refractivity contribution in [2.75, 3.05) is 0 Å². The Kier molecular flexibility index (Phi) is 4.19. The normalized spacial score (nSPS) is 11.9. The zero-order chi connectivity index (χ0) is 17.1. The van der Waals surface area contributed by atoms with Crippen molar-refractivity contribution in [1.29, 1.82) is 0 Å². The summed E-state index contributed by atoms with van der Waals surface area (Å²) >= 11 is 0. The molecule has 1 atom stereocenters. The molecule has 24 heavy (non-hydrogen) atoms. The minimum Gasteiger partial charge on any atom is -0.473 e. The lowest BCUT2D eigenvalue weighted by molar-refractivity contribution is -0.390. The average molecular weight is 326 g/mol. The minimum atomic E-state index is -0.654. The Morgan fingerprint density at radius 2 is 1.92 bits per heavy atom. The molecule has 122 valence electrons. The first kappa shape index (κ1) is 15.6. The van der Waals surface area contributed by atoms with Crippen LogP contribution in [0.1, 0.15) is 24.6 Å². The number of benzene rings is 1. The van der Waals surface area contributed by atoms with Crippen LogP contribution in [0.4, 0.5) is 5.82 Å². The lowest BCUT2D eigenvalue weighted by Gasteiger charge is -2.10. The monoisotopic (exact) mass is 326 g/mol. The largest absolute Gasteiger partial charge is 0.473 e. The Morgan fingerprint density at radius 1 is 1.17 bits per heavy atom. The Morgan fingerprint density at radius 3 is 2.62 bits per heavy atom. The molecule has 3 rings (SSSR count). The second kappa shape index (κ2) is 6.45. The van der Waals surface area contributed by atoms with Crippen molar-refractivity contribution in [3.8, 4) is 17.2 Å². The van der Waals surface area contributed by atoms with Crippen LogP contribution in [-0.2, 0) is 0 Å². The van der Waals surface area contributed by atoms with Crippen molar-refractivity contribution < 1.29 is 14.1 Å². The van der Waals surface area contributed by atoms with Crippen LogP contribution in [0.5, 0.6) is 5.75 Å². The lowest BCUT2D eigenvalue weighted by atomic mass is 10.2. The number of hydrogen-bond acceptors (Lipinski definition) is 7. The Bertz CT molecular complexity index is 864. The molecule has 0 aliphatic rings. The standard InChI is InChI=1S/C16H14N4O4/c1-10-8-9-13(14(17-10)20(21)22)23-11(2)15-18-19-16(24-15)12-6-4-3-5-7-12/h3-9,11H,1-2H3. The molecule has 0 saturated carbocycles. The Labute approximate surface area is 137 Å². The Hall–Kier alpha value is -3.29. The third-order valence-corrected chi connectivity index (χ3v) is 3.26. The average Bonchev–Trinajstić information content (AvgIpc) is 3.07. The molecule has 2 heterocycles. The molecular weight excluding hydrogens is 312 g/mol. The molecule has 2 aromatic heterocycles. The van der Waals surface area contributed by atoms with Gasteiger partial charge in [-0.15, -0.1) is 10.2 Å². The summed E-state index contributed by atoms with van der Waals surface area (Å²) in [4.78, 5) is 14.4. The van der Waals surface area contributed by atoms with E-state index >= 15 is 0 Å². The van der Waals surface area contributed by atoms with Gasteiger partial charge in [-0.05, 0) is 41.1 Å². The number of aryl methyl sites for hydroxylation is 1. The van der Waals surface area contributed by atoms with Crippen molar-refractivity contribution in [2.45, 2.75) is 20.0 Å². The molecule has 0 amide bonds. The van der Waals surface area contributed by atoms with E-state index in [1.165, 1.54) is 6.07 Å². The molecule has 0 bridgehead atoms. The van der Waals surface area contributed by atoms with Crippen LogP contribution in [0, 0.1) is 17.0 Å². The predicted octanol–water partition coefficient (Wildman–Crippen LogP) is 3.49. The van der Waals surface area contributed by atoms with E-state index in [9.17, 15) is 10.1 Å². The summed E-state index contributed by atoms with van der Waals surface area (Å²) in [7, 11) is 0. The van der Waals surface area contributed by atoms with E-state index in [0.717, 1.165) is 5.56 Å². The summed E-state index contributed by atoms with van der Waals surface area (Å²) in [6, 6.07) is 12.4. The molecule has 0 N–H and O–H groups in total. The third-order valence-electron chi connectivity index (χ3n) is 3.26. The van der Waals surface area contributed by atoms with Gasteiger partial charge in [-0.1, -0.05) is 18.2 Å². The molecule has 0 fully saturated rings. The van der Waals surface area contributed by atoms with Gasteiger partial charge in [-0.25, -0.2) is 0 Å². The second-order valence-electron chi connectivity index (χ2n) is 5.10. The molecule has 8 heteroatoms. The molecule has 0 aliphatic heterocycles. The fourth-order valence-electron chi connectivity index (χ4n) is 2.09. The van der Waals surface area contributed by atoms with Gasteiger partial charge >= 0.3 is 5.82 Å². The number of nitrogens with zero attached hydrogens (tertiary/aromatic N) is 4. The summed E-state index contributed by atoms with van der Waals surface area (Å²) in [6.45, 7) is 3.34. The van der Waals surface area contributed by atoms with Gasteiger partial charge in [0.05, 0.1) is 0 Å². The summed E-state index contributed by atoms with van der Waals surface area (Å²) in [5, 5.41) is 19.0. The number of aromatic nitrogens is 3. The maximum atomic E-state index is 11.1. The molecule has 0 radical (unpaired) electrons. The highest BCUT2D eigenvalue weighted by Gasteiger charge is 2.23. The van der Waals surface area contributed by atoms with Gasteiger partial charge in [0.2, 0.25) is 11.6 Å². The molecule has 0 saturated heterocycles. The van der Waals surface area contributed by atoms with Crippen LogP contribution in [0.3, 0.4) is 0 Å². The van der Waals surface area contributed by atoms with Gasteiger partial charge in [0.1, 0.15) is 5.69 Å². The highest BCUT2D eigenvalue weighted by Crippen LogP contribution is 2.30. The first-order valence-electron chi connectivity index (χ1n) is 7.22. The van der Waals surface area contributed by atoms with Crippen molar-refractivity contribution >= 4 is 5.82 Å². The summed E-state index contributed by atoms with van der Waals surface area (Å²) in [5.74, 6) is 0.295. The molecule has 0 spiro atoms. The molecule has 1 unspecified atom stereocenters. The van der Waals surface area contributed by atoms with Crippen LogP contribution in [0.2, 0.25) is 0 Å². The fraction of sp³-hybridized carbons (Fsp3) is 0.188. The quantitative estimate of drug-likeness (QED) is 0.522. The number of hydrogen-bond donors (Lipinski definition) is 0. The highest BCUT2D eigenvalue weighted by atomic mass is 16.6. The molecule has 3 aromatic rings. The van der Waals surface area contributed by atoms with Gasteiger partial charge in [-0.3, -0.25) is 0 Å². The van der Waals surface area contributed by atoms with Crippen molar-refractivity contribution in [2.24, 2.45) is 0 Å². The number of pyridine rings is 1. The van der Waals surface area contributed by atoms with Crippen LogP contribution >= 0.6 is 0 Å². The van der Waals surface area contributed by atoms with E-state index in [1.54, 1.807) is 19.9 Å². The van der Waals surface area contributed by atoms with Gasteiger partial charge in [0.15, 0.2) is 6.10 Å². The third kappa shape index (κ3) is 3.22. The summed E-state index contributed by atoms with van der Waals surface area (Å²) in [6.07, 6.45) is -0.654. The SMILES string of the molecule is Cc1ccc(OC(C)c2nnc(-c3ccccc3)o2)c([N+](=O)[O-])n1. The van der Waals surface area contributed by atoms with E-state index in [0.29, 0.717) is 11.6 Å². The van der Waals surface area contributed by atoms with Crippen LogP contribution in [0.25, 0.3) is 11.5 Å². The highest BCUT2D eigenvalue weighted by molar-refractivity contribution is 5.51. The summed E-state index contributed by atoms with van der Waals surface area (Å²) < 4.78 is 11.2. The first-order valence-corrected chi connectivity index (χ1v) is 7.22. The van der Waals surface area contributed by atoms with Crippen LogP contribution in [0.15, 0.2) is 46.9 Å². The zero-order valence-corrected chi connectivity index (χ0v) is 13.0. The Balaban J connectivity index is 1.82. The summed E-state index contributed by atoms with van der Waals surface area (Å²) in [5.41, 5.74) is 1.32. The first-order chi connectivity index (χ1) is 11.5. The number of rotatable bonds is 5. The smallest absolute Gasteiger partial charge is 0.406 e. The van der Waals surface area contributed by atoms with E-state index in [1.807, 2.05) is 30.3 Å².